The number of benzene rings is 2. The Hall–Kier alpha value is -2.91. The van der Waals surface area contributed by atoms with Gasteiger partial charge < -0.3 is 14.8 Å². The molecule has 0 radical (unpaired) electrons. The Morgan fingerprint density at radius 2 is 1.77 bits per heavy atom. The number of amides is 1. The van der Waals surface area contributed by atoms with Crippen molar-refractivity contribution in [2.45, 2.75) is 30.7 Å². The van der Waals surface area contributed by atoms with Crippen LogP contribution in [-0.2, 0) is 19.6 Å². The van der Waals surface area contributed by atoms with E-state index in [4.69, 9.17) is 4.74 Å². The molecule has 30 heavy (non-hydrogen) atoms. The molecule has 0 spiro atoms. The molecule has 0 aliphatic carbocycles. The predicted molar refractivity (Wildman–Crippen MR) is 111 cm³/mol. The van der Waals surface area contributed by atoms with Gasteiger partial charge in [-0.25, -0.2) is 13.2 Å². The van der Waals surface area contributed by atoms with Crippen molar-refractivity contribution in [1.82, 2.24) is 4.31 Å². The Balaban J connectivity index is 1.74. The standard InChI is InChI=1S/C21H24N2O6S/c1-3-29-17-10-12-18(13-11-17)30(26,27)23-14-4-5-19(23)20(24)22-16-8-6-15(7-9-16)21(25)28-2/h6-13,19H,3-5,14H2,1-2H3,(H,22,24)/t19-/m1/s1. The minimum absolute atomic E-state index is 0.119. The number of sulfonamides is 1. The number of ether oxygens (including phenoxy) is 2. The van der Waals surface area contributed by atoms with Gasteiger partial charge >= 0.3 is 5.97 Å². The largest absolute Gasteiger partial charge is 0.494 e. The summed E-state index contributed by atoms with van der Waals surface area (Å²) in [6, 6.07) is 11.6. The summed E-state index contributed by atoms with van der Waals surface area (Å²) in [5.74, 6) is -0.299. The number of nitrogens with zero attached hydrogens (tertiary/aromatic N) is 1. The molecule has 2 aromatic carbocycles. The maximum atomic E-state index is 13.1. The lowest BCUT2D eigenvalue weighted by atomic mass is 10.2. The number of hydrogen-bond acceptors (Lipinski definition) is 6. The first-order valence-electron chi connectivity index (χ1n) is 9.60. The van der Waals surface area contributed by atoms with Crippen molar-refractivity contribution in [2.75, 3.05) is 25.6 Å². The Kier molecular flexibility index (Phi) is 6.73. The van der Waals surface area contributed by atoms with Gasteiger partial charge in [0.05, 0.1) is 24.2 Å². The van der Waals surface area contributed by atoms with Crippen LogP contribution in [0.1, 0.15) is 30.1 Å². The molecule has 1 aliphatic heterocycles. The first kappa shape index (κ1) is 21.8. The summed E-state index contributed by atoms with van der Waals surface area (Å²) in [4.78, 5) is 24.4. The quantitative estimate of drug-likeness (QED) is 0.675. The third-order valence-corrected chi connectivity index (χ3v) is 6.74. The van der Waals surface area contributed by atoms with Gasteiger partial charge in [-0.3, -0.25) is 4.79 Å². The lowest BCUT2D eigenvalue weighted by molar-refractivity contribution is -0.119. The number of carbonyl (C=O) groups is 2. The monoisotopic (exact) mass is 432 g/mol. The predicted octanol–water partition coefficient (Wildman–Crippen LogP) is 2.66. The second kappa shape index (κ2) is 9.27. The van der Waals surface area contributed by atoms with Crippen LogP contribution in [0.25, 0.3) is 0 Å². The number of anilines is 1. The van der Waals surface area contributed by atoms with Crippen LogP contribution in [0.3, 0.4) is 0 Å². The maximum Gasteiger partial charge on any atom is 0.337 e. The fraction of sp³-hybridized carbons (Fsp3) is 0.333. The van der Waals surface area contributed by atoms with E-state index in [1.54, 1.807) is 24.3 Å². The molecule has 1 saturated heterocycles. The number of rotatable bonds is 7. The van der Waals surface area contributed by atoms with Crippen LogP contribution < -0.4 is 10.1 Å². The molecule has 160 valence electrons. The molecule has 9 heteroatoms. The minimum atomic E-state index is -3.82. The van der Waals surface area contributed by atoms with E-state index in [1.165, 1.54) is 35.7 Å². The van der Waals surface area contributed by atoms with E-state index < -0.39 is 27.9 Å². The van der Waals surface area contributed by atoms with Crippen molar-refractivity contribution in [3.63, 3.8) is 0 Å². The molecule has 0 unspecified atom stereocenters. The summed E-state index contributed by atoms with van der Waals surface area (Å²) < 4.78 is 37.4. The van der Waals surface area contributed by atoms with Crippen LogP contribution in [0, 0.1) is 0 Å². The van der Waals surface area contributed by atoms with Crippen molar-refractivity contribution in [1.29, 1.82) is 0 Å². The number of hydrogen-bond donors (Lipinski definition) is 1. The Bertz CT molecular complexity index is 1000. The first-order chi connectivity index (χ1) is 14.4. The fourth-order valence-corrected chi connectivity index (χ4v) is 4.99. The van der Waals surface area contributed by atoms with E-state index in [9.17, 15) is 18.0 Å². The third kappa shape index (κ3) is 4.63. The fourth-order valence-electron chi connectivity index (χ4n) is 3.33. The SMILES string of the molecule is CCOc1ccc(S(=O)(=O)N2CCC[C@@H]2C(=O)Nc2ccc(C(=O)OC)cc2)cc1. The van der Waals surface area contributed by atoms with Gasteiger partial charge in [-0.05, 0) is 68.3 Å². The van der Waals surface area contributed by atoms with Crippen molar-refractivity contribution in [3.8, 4) is 5.75 Å². The van der Waals surface area contributed by atoms with Gasteiger partial charge in [0.2, 0.25) is 15.9 Å². The zero-order chi connectivity index (χ0) is 21.7. The minimum Gasteiger partial charge on any atom is -0.494 e. The summed E-state index contributed by atoms with van der Waals surface area (Å²) >= 11 is 0. The molecule has 3 rings (SSSR count). The molecule has 0 aromatic heterocycles. The van der Waals surface area contributed by atoms with Gasteiger partial charge in [-0.1, -0.05) is 0 Å². The molecule has 1 fully saturated rings. The lowest BCUT2D eigenvalue weighted by Gasteiger charge is -2.23. The molecule has 2 aromatic rings. The smallest absolute Gasteiger partial charge is 0.337 e. The van der Waals surface area contributed by atoms with E-state index >= 15 is 0 Å². The highest BCUT2D eigenvalue weighted by Gasteiger charge is 2.39. The molecular weight excluding hydrogens is 408 g/mol. The molecular formula is C21H24N2O6S. The molecule has 8 nitrogen and oxygen atoms in total. The van der Waals surface area contributed by atoms with Gasteiger partial charge in [0.1, 0.15) is 11.8 Å². The molecule has 1 atom stereocenters. The van der Waals surface area contributed by atoms with E-state index in [-0.39, 0.29) is 11.4 Å². The lowest BCUT2D eigenvalue weighted by Crippen LogP contribution is -2.43. The summed E-state index contributed by atoms with van der Waals surface area (Å²) in [5, 5.41) is 2.73. The topological polar surface area (TPSA) is 102 Å². The third-order valence-electron chi connectivity index (χ3n) is 4.82. The summed E-state index contributed by atoms with van der Waals surface area (Å²) in [7, 11) is -2.53. The van der Waals surface area contributed by atoms with Crippen LogP contribution in [-0.4, -0.2) is 50.9 Å². The van der Waals surface area contributed by atoms with Gasteiger partial charge in [0, 0.05) is 12.2 Å². The van der Waals surface area contributed by atoms with Crippen LogP contribution in [0.2, 0.25) is 0 Å². The van der Waals surface area contributed by atoms with Crippen LogP contribution in [0.4, 0.5) is 5.69 Å². The Labute approximate surface area is 175 Å². The molecule has 1 aliphatic rings. The van der Waals surface area contributed by atoms with Gasteiger partial charge in [-0.15, -0.1) is 0 Å². The highest BCUT2D eigenvalue weighted by Crippen LogP contribution is 2.28. The highest BCUT2D eigenvalue weighted by molar-refractivity contribution is 7.89. The normalized spacial score (nSPS) is 16.8. The second-order valence-corrected chi connectivity index (χ2v) is 8.63. The number of methoxy groups -OCH3 is 1. The van der Waals surface area contributed by atoms with E-state index in [0.717, 1.165) is 0 Å². The molecule has 1 N–H and O–H groups in total. The molecule has 1 heterocycles. The van der Waals surface area contributed by atoms with Crippen molar-refractivity contribution < 1.29 is 27.5 Å². The van der Waals surface area contributed by atoms with Crippen LogP contribution in [0.15, 0.2) is 53.4 Å². The first-order valence-corrected chi connectivity index (χ1v) is 11.0. The van der Waals surface area contributed by atoms with E-state index in [1.807, 2.05) is 6.92 Å². The Morgan fingerprint density at radius 3 is 2.37 bits per heavy atom. The zero-order valence-corrected chi connectivity index (χ0v) is 17.6. The summed E-state index contributed by atoms with van der Waals surface area (Å²) in [5.41, 5.74) is 0.828. The van der Waals surface area contributed by atoms with E-state index in [2.05, 4.69) is 10.1 Å². The van der Waals surface area contributed by atoms with Crippen molar-refractivity contribution in [3.05, 3.63) is 54.1 Å². The van der Waals surface area contributed by atoms with Gasteiger partial charge in [0.15, 0.2) is 0 Å². The number of esters is 1. The Morgan fingerprint density at radius 1 is 1.10 bits per heavy atom. The van der Waals surface area contributed by atoms with Crippen LogP contribution in [0.5, 0.6) is 5.75 Å². The molecule has 0 bridgehead atoms. The average molecular weight is 432 g/mol. The number of carbonyl (C=O) groups excluding carboxylic acids is 2. The number of nitrogens with one attached hydrogen (secondary N) is 1. The highest BCUT2D eigenvalue weighted by atomic mass is 32.2. The zero-order valence-electron chi connectivity index (χ0n) is 16.8. The van der Waals surface area contributed by atoms with Gasteiger partial charge in [0.25, 0.3) is 0 Å². The van der Waals surface area contributed by atoms with Crippen LogP contribution >= 0.6 is 0 Å². The second-order valence-electron chi connectivity index (χ2n) is 6.74. The van der Waals surface area contributed by atoms with Gasteiger partial charge in [-0.2, -0.15) is 4.31 Å². The molecule has 0 saturated carbocycles. The van der Waals surface area contributed by atoms with E-state index in [0.29, 0.717) is 36.4 Å². The molecule has 1 amide bonds. The van der Waals surface area contributed by atoms with Crippen molar-refractivity contribution >= 4 is 27.6 Å². The summed E-state index contributed by atoms with van der Waals surface area (Å²) in [6.07, 6.45) is 1.03. The average Bonchev–Trinajstić information content (AvgIpc) is 3.25. The summed E-state index contributed by atoms with van der Waals surface area (Å²) in [6.45, 7) is 2.61. The van der Waals surface area contributed by atoms with Crippen molar-refractivity contribution in [2.24, 2.45) is 0 Å². The maximum absolute atomic E-state index is 13.1.